The lowest BCUT2D eigenvalue weighted by atomic mass is 9.86. The number of nitrogens with zero attached hydrogens (tertiary/aromatic N) is 2. The summed E-state index contributed by atoms with van der Waals surface area (Å²) in [6, 6.07) is 14.1. The Bertz CT molecular complexity index is 1030. The highest BCUT2D eigenvalue weighted by atomic mass is 32.2. The van der Waals surface area contributed by atoms with Crippen LogP contribution in [-0.2, 0) is 10.0 Å². The Morgan fingerprint density at radius 1 is 1.24 bits per heavy atom. The van der Waals surface area contributed by atoms with E-state index in [4.69, 9.17) is 9.47 Å². The van der Waals surface area contributed by atoms with Gasteiger partial charge >= 0.3 is 0 Å². The van der Waals surface area contributed by atoms with Gasteiger partial charge in [-0.15, -0.1) is 0 Å². The van der Waals surface area contributed by atoms with Crippen LogP contribution in [0.5, 0.6) is 11.5 Å². The number of hydrogen-bond acceptors (Lipinski definition) is 6. The third-order valence-corrected chi connectivity index (χ3v) is 7.07. The molecule has 2 aliphatic heterocycles. The number of nitrogens with one attached hydrogen (secondary N) is 1. The molecule has 0 saturated carbocycles. The van der Waals surface area contributed by atoms with Gasteiger partial charge in [0.05, 0.1) is 30.2 Å². The van der Waals surface area contributed by atoms with E-state index >= 15 is 0 Å². The Balaban J connectivity index is 1.36. The number of fused-ring (bicyclic) bond motifs is 3. The largest absolute Gasteiger partial charge is 0.497 e. The van der Waals surface area contributed by atoms with Crippen LogP contribution in [0.3, 0.4) is 0 Å². The van der Waals surface area contributed by atoms with E-state index in [0.717, 1.165) is 24.4 Å². The van der Waals surface area contributed by atoms with Gasteiger partial charge in [0.1, 0.15) is 11.5 Å². The van der Waals surface area contributed by atoms with Gasteiger partial charge in [0.2, 0.25) is 10.0 Å². The molecule has 4 rings (SSSR count). The van der Waals surface area contributed by atoms with Gasteiger partial charge in [-0.3, -0.25) is 0 Å². The quantitative estimate of drug-likeness (QED) is 0.778. The number of benzene rings is 2. The number of sulfonamides is 1. The van der Waals surface area contributed by atoms with Crippen molar-refractivity contribution in [2.75, 3.05) is 39.9 Å². The molecule has 29 heavy (non-hydrogen) atoms. The maximum atomic E-state index is 12.5. The lowest BCUT2D eigenvalue weighted by Crippen LogP contribution is -2.34. The van der Waals surface area contributed by atoms with E-state index in [1.165, 1.54) is 12.1 Å². The van der Waals surface area contributed by atoms with Crippen LogP contribution < -0.4 is 14.2 Å². The third-order valence-electron chi connectivity index (χ3n) is 5.60. The van der Waals surface area contributed by atoms with Crippen LogP contribution in [-0.4, -0.2) is 53.2 Å². The third kappa shape index (κ3) is 4.08. The highest BCUT2D eigenvalue weighted by Crippen LogP contribution is 2.41. The molecule has 1 N–H and O–H groups in total. The average Bonchev–Trinajstić information content (AvgIpc) is 3.16. The summed E-state index contributed by atoms with van der Waals surface area (Å²) in [4.78, 5) is 2.48. The Hall–Kier alpha value is -2.60. The molecule has 2 atom stereocenters. The zero-order valence-corrected chi connectivity index (χ0v) is 17.0. The van der Waals surface area contributed by atoms with Crippen LogP contribution in [0.4, 0.5) is 0 Å². The van der Waals surface area contributed by atoms with Gasteiger partial charge in [0, 0.05) is 43.6 Å². The van der Waals surface area contributed by atoms with Crippen LogP contribution in [0.25, 0.3) is 0 Å². The minimum absolute atomic E-state index is 0.222. The molecule has 0 spiro atoms. The molecule has 1 saturated heterocycles. The summed E-state index contributed by atoms with van der Waals surface area (Å²) in [5.74, 6) is 2.14. The number of methoxy groups -OCH3 is 1. The second-order valence-corrected chi connectivity index (χ2v) is 9.14. The Morgan fingerprint density at radius 3 is 2.76 bits per heavy atom. The van der Waals surface area contributed by atoms with E-state index in [-0.39, 0.29) is 4.90 Å². The Labute approximate surface area is 170 Å². The molecule has 7 nitrogen and oxygen atoms in total. The van der Waals surface area contributed by atoms with Gasteiger partial charge in [-0.2, -0.15) is 5.26 Å². The molecule has 2 aromatic rings. The van der Waals surface area contributed by atoms with E-state index < -0.39 is 10.0 Å². The second kappa shape index (κ2) is 8.03. The smallest absolute Gasteiger partial charge is 0.240 e. The standard InChI is InChI=1S/C21H23N3O4S/c1-27-17-3-5-18(6-4-17)29(25,26)23-8-9-24-12-16-14-28-21-7-2-15(11-22)10-19(21)20(16)13-24/h2-7,10,16,20,23H,8-9,12-14H2,1H3. The van der Waals surface area contributed by atoms with Crippen molar-refractivity contribution in [3.8, 4) is 17.6 Å². The molecule has 152 valence electrons. The van der Waals surface area contributed by atoms with Gasteiger partial charge in [-0.25, -0.2) is 13.1 Å². The van der Waals surface area contributed by atoms with Crippen molar-refractivity contribution in [3.63, 3.8) is 0 Å². The van der Waals surface area contributed by atoms with Crippen LogP contribution >= 0.6 is 0 Å². The van der Waals surface area contributed by atoms with Gasteiger partial charge in [-0.05, 0) is 42.5 Å². The summed E-state index contributed by atoms with van der Waals surface area (Å²) in [6.07, 6.45) is 0. The van der Waals surface area contributed by atoms with Crippen molar-refractivity contribution in [1.29, 1.82) is 5.26 Å². The minimum Gasteiger partial charge on any atom is -0.497 e. The van der Waals surface area contributed by atoms with Crippen molar-refractivity contribution < 1.29 is 17.9 Å². The maximum Gasteiger partial charge on any atom is 0.240 e. The second-order valence-electron chi connectivity index (χ2n) is 7.37. The van der Waals surface area contributed by atoms with E-state index in [1.807, 2.05) is 12.1 Å². The molecule has 2 heterocycles. The lowest BCUT2D eigenvalue weighted by Gasteiger charge is -2.27. The summed E-state index contributed by atoms with van der Waals surface area (Å²) in [7, 11) is -2.01. The first-order valence-electron chi connectivity index (χ1n) is 9.53. The summed E-state index contributed by atoms with van der Waals surface area (Å²) in [6.45, 7) is 3.29. The molecule has 0 bridgehead atoms. The van der Waals surface area contributed by atoms with Gasteiger partial charge in [0.15, 0.2) is 0 Å². The van der Waals surface area contributed by atoms with Crippen molar-refractivity contribution in [1.82, 2.24) is 9.62 Å². The van der Waals surface area contributed by atoms with Crippen molar-refractivity contribution >= 4 is 10.0 Å². The van der Waals surface area contributed by atoms with E-state index in [2.05, 4.69) is 15.7 Å². The molecule has 1 fully saturated rings. The molecule has 0 aliphatic carbocycles. The number of nitriles is 1. The molecule has 2 aliphatic rings. The molecule has 0 aromatic heterocycles. The molecule has 2 aromatic carbocycles. The number of rotatable bonds is 6. The zero-order valence-electron chi connectivity index (χ0n) is 16.2. The monoisotopic (exact) mass is 413 g/mol. The first-order valence-corrected chi connectivity index (χ1v) is 11.0. The summed E-state index contributed by atoms with van der Waals surface area (Å²) < 4.78 is 38.5. The average molecular weight is 413 g/mol. The van der Waals surface area contributed by atoms with Crippen molar-refractivity contribution in [2.45, 2.75) is 10.8 Å². The molecular weight excluding hydrogens is 390 g/mol. The first-order chi connectivity index (χ1) is 14.0. The first kappa shape index (κ1) is 19.7. The van der Waals surface area contributed by atoms with Gasteiger partial charge in [0.25, 0.3) is 0 Å². The predicted molar refractivity (Wildman–Crippen MR) is 108 cm³/mol. The Morgan fingerprint density at radius 2 is 2.03 bits per heavy atom. The number of ether oxygens (including phenoxy) is 2. The fraction of sp³-hybridized carbons (Fsp3) is 0.381. The fourth-order valence-electron chi connectivity index (χ4n) is 4.08. The number of likely N-dealkylation sites (tertiary alicyclic amines) is 1. The summed E-state index contributed by atoms with van der Waals surface area (Å²) in [5.41, 5.74) is 1.72. The zero-order chi connectivity index (χ0) is 20.4. The highest BCUT2D eigenvalue weighted by molar-refractivity contribution is 7.89. The van der Waals surface area contributed by atoms with Crippen LogP contribution in [0.15, 0.2) is 47.4 Å². The SMILES string of the molecule is COc1ccc(S(=O)(=O)NCCN2CC3COc4ccc(C#N)cc4C3C2)cc1. The molecule has 0 radical (unpaired) electrons. The van der Waals surface area contributed by atoms with E-state index in [0.29, 0.717) is 42.8 Å². The number of hydrogen-bond donors (Lipinski definition) is 1. The normalized spacial score (nSPS) is 21.0. The van der Waals surface area contributed by atoms with E-state index in [9.17, 15) is 13.7 Å². The lowest BCUT2D eigenvalue weighted by molar-refractivity contribution is 0.213. The van der Waals surface area contributed by atoms with Crippen LogP contribution in [0, 0.1) is 17.2 Å². The van der Waals surface area contributed by atoms with Crippen LogP contribution in [0.2, 0.25) is 0 Å². The summed E-state index contributed by atoms with van der Waals surface area (Å²) >= 11 is 0. The van der Waals surface area contributed by atoms with Crippen LogP contribution in [0.1, 0.15) is 17.0 Å². The Kier molecular flexibility index (Phi) is 5.46. The topological polar surface area (TPSA) is 91.7 Å². The molecule has 2 unspecified atom stereocenters. The van der Waals surface area contributed by atoms with Crippen molar-refractivity contribution in [3.05, 3.63) is 53.6 Å². The fourth-order valence-corrected chi connectivity index (χ4v) is 5.10. The molecular formula is C21H23N3O4S. The maximum absolute atomic E-state index is 12.5. The minimum atomic E-state index is -3.55. The van der Waals surface area contributed by atoms with Gasteiger partial charge < -0.3 is 14.4 Å². The molecule has 8 heteroatoms. The van der Waals surface area contributed by atoms with E-state index in [1.54, 1.807) is 25.3 Å². The van der Waals surface area contributed by atoms with Crippen molar-refractivity contribution in [2.24, 2.45) is 5.92 Å². The highest BCUT2D eigenvalue weighted by Gasteiger charge is 2.38. The molecule has 0 amide bonds. The van der Waals surface area contributed by atoms with Gasteiger partial charge in [-0.1, -0.05) is 0 Å². The predicted octanol–water partition coefficient (Wildman–Crippen LogP) is 1.95. The summed E-state index contributed by atoms with van der Waals surface area (Å²) in [5, 5.41) is 9.17.